The van der Waals surface area contributed by atoms with Gasteiger partial charge in [0, 0.05) is 18.2 Å². The summed E-state index contributed by atoms with van der Waals surface area (Å²) in [6, 6.07) is 8.75. The third-order valence-electron chi connectivity index (χ3n) is 4.22. The molecule has 0 aliphatic carbocycles. The monoisotopic (exact) mass is 286 g/mol. The van der Waals surface area contributed by atoms with Gasteiger partial charge in [0.1, 0.15) is 5.76 Å². The Bertz CT molecular complexity index is 602. The van der Waals surface area contributed by atoms with Gasteiger partial charge in [0.15, 0.2) is 0 Å². The van der Waals surface area contributed by atoms with Gasteiger partial charge >= 0.3 is 0 Å². The van der Waals surface area contributed by atoms with Crippen LogP contribution in [0, 0.1) is 13.8 Å². The van der Waals surface area contributed by atoms with E-state index in [0.717, 1.165) is 36.6 Å². The molecule has 2 atom stereocenters. The number of aryl methyl sites for hydroxylation is 2. The lowest BCUT2D eigenvalue weighted by Crippen LogP contribution is -2.29. The van der Waals surface area contributed by atoms with Gasteiger partial charge < -0.3 is 14.6 Å². The second kappa shape index (κ2) is 6.00. The van der Waals surface area contributed by atoms with Crippen LogP contribution in [-0.4, -0.2) is 18.3 Å². The van der Waals surface area contributed by atoms with Crippen molar-refractivity contribution in [1.82, 2.24) is 10.5 Å². The van der Waals surface area contributed by atoms with Crippen molar-refractivity contribution in [1.29, 1.82) is 0 Å². The van der Waals surface area contributed by atoms with Gasteiger partial charge in [-0.15, -0.1) is 0 Å². The minimum absolute atomic E-state index is 0.123. The van der Waals surface area contributed by atoms with Gasteiger partial charge in [-0.1, -0.05) is 29.4 Å². The summed E-state index contributed by atoms with van der Waals surface area (Å²) < 4.78 is 11.2. The molecule has 0 amide bonds. The molecule has 1 N–H and O–H groups in total. The van der Waals surface area contributed by atoms with Gasteiger partial charge in [0.25, 0.3) is 0 Å². The highest BCUT2D eigenvalue weighted by atomic mass is 16.5. The zero-order valence-electron chi connectivity index (χ0n) is 12.8. The number of fused-ring (bicyclic) bond motifs is 1. The largest absolute Gasteiger partial charge is 0.372 e. The standard InChI is InChI=1S/C17H22N2O2/c1-11(17-12(2)19-21-13(17)3)18-10-16-15-7-5-4-6-14(15)8-9-20-16/h4-7,11,16,18H,8-10H2,1-3H3. The van der Waals surface area contributed by atoms with E-state index in [1.54, 1.807) is 0 Å². The lowest BCUT2D eigenvalue weighted by molar-refractivity contribution is 0.0409. The molecular formula is C17H22N2O2. The number of hydrogen-bond donors (Lipinski definition) is 1. The van der Waals surface area contributed by atoms with Crippen molar-refractivity contribution in [2.24, 2.45) is 0 Å². The van der Waals surface area contributed by atoms with E-state index in [2.05, 4.69) is 41.7 Å². The van der Waals surface area contributed by atoms with Crippen molar-refractivity contribution >= 4 is 0 Å². The number of nitrogens with one attached hydrogen (secondary N) is 1. The van der Waals surface area contributed by atoms with Crippen LogP contribution in [0.25, 0.3) is 0 Å². The van der Waals surface area contributed by atoms with Gasteiger partial charge in [0.05, 0.1) is 18.4 Å². The third-order valence-corrected chi connectivity index (χ3v) is 4.22. The lowest BCUT2D eigenvalue weighted by atomic mass is 9.97. The van der Waals surface area contributed by atoms with Crippen LogP contribution in [0.15, 0.2) is 28.8 Å². The highest BCUT2D eigenvalue weighted by molar-refractivity contribution is 5.31. The fourth-order valence-electron chi connectivity index (χ4n) is 3.14. The number of hydrogen-bond acceptors (Lipinski definition) is 4. The molecule has 0 radical (unpaired) electrons. The number of aromatic nitrogens is 1. The van der Waals surface area contributed by atoms with Gasteiger partial charge in [-0.2, -0.15) is 0 Å². The van der Waals surface area contributed by atoms with Gasteiger partial charge in [-0.3, -0.25) is 0 Å². The van der Waals surface area contributed by atoms with Gasteiger partial charge in [0.2, 0.25) is 0 Å². The molecule has 112 valence electrons. The quantitative estimate of drug-likeness (QED) is 0.937. The van der Waals surface area contributed by atoms with E-state index in [0.29, 0.717) is 0 Å². The Morgan fingerprint density at radius 3 is 2.90 bits per heavy atom. The summed E-state index contributed by atoms with van der Waals surface area (Å²) in [6.07, 6.45) is 1.13. The molecule has 0 fully saturated rings. The molecule has 0 spiro atoms. The number of nitrogens with zero attached hydrogens (tertiary/aromatic N) is 1. The fraction of sp³-hybridized carbons (Fsp3) is 0.471. The molecule has 4 heteroatoms. The smallest absolute Gasteiger partial charge is 0.138 e. The van der Waals surface area contributed by atoms with Crippen molar-refractivity contribution in [2.75, 3.05) is 13.2 Å². The predicted molar refractivity (Wildman–Crippen MR) is 81.2 cm³/mol. The first-order valence-electron chi connectivity index (χ1n) is 7.52. The summed E-state index contributed by atoms with van der Waals surface area (Å²) in [5.41, 5.74) is 4.82. The van der Waals surface area contributed by atoms with Crippen LogP contribution in [-0.2, 0) is 11.2 Å². The molecule has 0 bridgehead atoms. The van der Waals surface area contributed by atoms with Crippen LogP contribution >= 0.6 is 0 Å². The Balaban J connectivity index is 1.69. The summed E-state index contributed by atoms with van der Waals surface area (Å²) in [7, 11) is 0. The molecule has 4 nitrogen and oxygen atoms in total. The van der Waals surface area contributed by atoms with Crippen molar-refractivity contribution in [2.45, 2.75) is 39.3 Å². The van der Waals surface area contributed by atoms with Crippen LogP contribution in [0.3, 0.4) is 0 Å². The second-order valence-corrected chi connectivity index (χ2v) is 5.68. The Morgan fingerprint density at radius 1 is 1.33 bits per heavy atom. The van der Waals surface area contributed by atoms with Crippen molar-refractivity contribution in [3.8, 4) is 0 Å². The van der Waals surface area contributed by atoms with E-state index in [1.165, 1.54) is 11.1 Å². The van der Waals surface area contributed by atoms with Crippen LogP contribution in [0.1, 0.15) is 47.2 Å². The van der Waals surface area contributed by atoms with Crippen LogP contribution < -0.4 is 5.32 Å². The minimum atomic E-state index is 0.123. The maximum absolute atomic E-state index is 5.93. The molecule has 1 aromatic carbocycles. The molecule has 3 rings (SSSR count). The summed E-state index contributed by atoms with van der Waals surface area (Å²) in [5, 5.41) is 7.57. The first-order chi connectivity index (χ1) is 10.2. The van der Waals surface area contributed by atoms with E-state index in [-0.39, 0.29) is 12.1 Å². The average molecular weight is 286 g/mol. The first-order valence-corrected chi connectivity index (χ1v) is 7.52. The lowest BCUT2D eigenvalue weighted by Gasteiger charge is -2.27. The third kappa shape index (κ3) is 2.87. The fourth-order valence-corrected chi connectivity index (χ4v) is 3.14. The van der Waals surface area contributed by atoms with Gasteiger partial charge in [-0.25, -0.2) is 0 Å². The number of ether oxygens (including phenoxy) is 1. The first kappa shape index (κ1) is 14.3. The van der Waals surface area contributed by atoms with E-state index < -0.39 is 0 Å². The number of benzene rings is 1. The Kier molecular flexibility index (Phi) is 4.08. The zero-order valence-corrected chi connectivity index (χ0v) is 12.8. The molecule has 2 heterocycles. The summed E-state index contributed by atoms with van der Waals surface area (Å²) in [6.45, 7) is 7.67. The molecular weight excluding hydrogens is 264 g/mol. The second-order valence-electron chi connectivity index (χ2n) is 5.68. The zero-order chi connectivity index (χ0) is 14.8. The molecule has 2 aromatic rings. The summed E-state index contributed by atoms with van der Waals surface area (Å²) in [5.74, 6) is 0.887. The molecule has 0 saturated carbocycles. The maximum Gasteiger partial charge on any atom is 0.138 e. The predicted octanol–water partition coefficient (Wildman–Crippen LogP) is 3.26. The van der Waals surface area contributed by atoms with Crippen molar-refractivity contribution < 1.29 is 9.26 Å². The van der Waals surface area contributed by atoms with Crippen molar-refractivity contribution in [3.05, 3.63) is 52.4 Å². The topological polar surface area (TPSA) is 47.3 Å². The molecule has 1 aliphatic heterocycles. The van der Waals surface area contributed by atoms with Crippen molar-refractivity contribution in [3.63, 3.8) is 0 Å². The Labute approximate surface area is 125 Å². The Hall–Kier alpha value is -1.65. The normalized spacial score (nSPS) is 19.3. The van der Waals surface area contributed by atoms with E-state index >= 15 is 0 Å². The highest BCUT2D eigenvalue weighted by Gasteiger charge is 2.22. The summed E-state index contributed by atoms with van der Waals surface area (Å²) >= 11 is 0. The van der Waals surface area contributed by atoms with Crippen LogP contribution in [0.4, 0.5) is 0 Å². The molecule has 1 aromatic heterocycles. The maximum atomic E-state index is 5.93. The minimum Gasteiger partial charge on any atom is -0.372 e. The molecule has 2 unspecified atom stereocenters. The number of rotatable bonds is 4. The molecule has 0 saturated heterocycles. The van der Waals surface area contributed by atoms with E-state index in [4.69, 9.17) is 9.26 Å². The summed E-state index contributed by atoms with van der Waals surface area (Å²) in [4.78, 5) is 0. The Morgan fingerprint density at radius 2 is 2.14 bits per heavy atom. The van der Waals surface area contributed by atoms with E-state index in [9.17, 15) is 0 Å². The average Bonchev–Trinajstić information content (AvgIpc) is 2.84. The highest BCUT2D eigenvalue weighted by Crippen LogP contribution is 2.27. The van der Waals surface area contributed by atoms with Gasteiger partial charge in [-0.05, 0) is 38.3 Å². The van der Waals surface area contributed by atoms with Crippen LogP contribution in [0.2, 0.25) is 0 Å². The molecule has 1 aliphatic rings. The SMILES string of the molecule is Cc1noc(C)c1C(C)NCC1OCCc2ccccc21. The van der Waals surface area contributed by atoms with E-state index in [1.807, 2.05) is 13.8 Å². The molecule has 21 heavy (non-hydrogen) atoms. The van der Waals surface area contributed by atoms with Crippen LogP contribution in [0.5, 0.6) is 0 Å².